The first-order chi connectivity index (χ1) is 10.2. The van der Waals surface area contributed by atoms with Crippen LogP contribution >= 0.6 is 0 Å². The molecule has 3 rings (SSSR count). The molecule has 0 saturated carbocycles. The first-order valence-corrected chi connectivity index (χ1v) is 6.48. The summed E-state index contributed by atoms with van der Waals surface area (Å²) in [5.74, 6) is 0.412. The van der Waals surface area contributed by atoms with Gasteiger partial charge in [0.05, 0.1) is 0 Å². The van der Waals surface area contributed by atoms with Gasteiger partial charge in [-0.2, -0.15) is 4.98 Å². The van der Waals surface area contributed by atoms with Gasteiger partial charge in [-0.25, -0.2) is 4.39 Å². The van der Waals surface area contributed by atoms with Gasteiger partial charge in [0, 0.05) is 24.6 Å². The van der Waals surface area contributed by atoms with Crippen molar-refractivity contribution in [2.75, 3.05) is 13.7 Å². The summed E-state index contributed by atoms with van der Waals surface area (Å²) in [5, 5.41) is 5.18. The molecular formula is C15H14FN3O2. The Hall–Kier alpha value is -2.31. The van der Waals surface area contributed by atoms with Crippen molar-refractivity contribution in [3.63, 3.8) is 0 Å². The second-order valence-corrected chi connectivity index (χ2v) is 4.56. The first-order valence-electron chi connectivity index (χ1n) is 6.48. The number of benzene rings is 2. The SMILES string of the molecule is COC(CN)c1nc(-c2ccc(F)c3ccccc23)no1. The lowest BCUT2D eigenvalue weighted by molar-refractivity contribution is 0.0804. The van der Waals surface area contributed by atoms with Crippen LogP contribution in [0.4, 0.5) is 4.39 Å². The highest BCUT2D eigenvalue weighted by atomic mass is 19.1. The Bertz CT molecular complexity index is 768. The van der Waals surface area contributed by atoms with Crippen LogP contribution in [-0.4, -0.2) is 23.8 Å². The maximum Gasteiger partial charge on any atom is 0.257 e. The van der Waals surface area contributed by atoms with Gasteiger partial charge in [-0.3, -0.25) is 0 Å². The average molecular weight is 287 g/mol. The van der Waals surface area contributed by atoms with Crippen LogP contribution in [0.2, 0.25) is 0 Å². The molecule has 0 aliphatic heterocycles. The number of nitrogens with two attached hydrogens (primary N) is 1. The molecule has 5 nitrogen and oxygen atoms in total. The van der Waals surface area contributed by atoms with Crippen molar-refractivity contribution >= 4 is 10.8 Å². The molecule has 0 fully saturated rings. The van der Waals surface area contributed by atoms with Gasteiger partial charge in [0.1, 0.15) is 11.9 Å². The van der Waals surface area contributed by atoms with Gasteiger partial charge in [0.2, 0.25) is 5.82 Å². The number of halogens is 1. The minimum absolute atomic E-state index is 0.238. The fourth-order valence-electron chi connectivity index (χ4n) is 2.23. The Labute approximate surface area is 120 Å². The van der Waals surface area contributed by atoms with Crippen molar-refractivity contribution in [3.05, 3.63) is 48.1 Å². The highest BCUT2D eigenvalue weighted by molar-refractivity contribution is 5.95. The molecule has 2 N–H and O–H groups in total. The third-order valence-electron chi connectivity index (χ3n) is 3.33. The summed E-state index contributed by atoms with van der Waals surface area (Å²) in [7, 11) is 1.52. The van der Waals surface area contributed by atoms with Crippen LogP contribution in [-0.2, 0) is 4.74 Å². The number of nitrogens with zero attached hydrogens (tertiary/aromatic N) is 2. The zero-order valence-corrected chi connectivity index (χ0v) is 11.4. The molecule has 1 heterocycles. The molecule has 1 unspecified atom stereocenters. The van der Waals surface area contributed by atoms with Gasteiger partial charge < -0.3 is 15.0 Å². The van der Waals surface area contributed by atoms with E-state index >= 15 is 0 Å². The van der Waals surface area contributed by atoms with Crippen molar-refractivity contribution in [1.29, 1.82) is 0 Å². The molecule has 0 spiro atoms. The van der Waals surface area contributed by atoms with Crippen molar-refractivity contribution in [2.45, 2.75) is 6.10 Å². The number of rotatable bonds is 4. The molecular weight excluding hydrogens is 273 g/mol. The number of aromatic nitrogens is 2. The van der Waals surface area contributed by atoms with Gasteiger partial charge >= 0.3 is 0 Å². The minimum Gasteiger partial charge on any atom is -0.370 e. The second-order valence-electron chi connectivity index (χ2n) is 4.56. The predicted octanol–water partition coefficient (Wildman–Crippen LogP) is 2.68. The van der Waals surface area contributed by atoms with E-state index in [1.54, 1.807) is 18.2 Å². The Balaban J connectivity index is 2.11. The monoisotopic (exact) mass is 287 g/mol. The van der Waals surface area contributed by atoms with Crippen LogP contribution in [0.3, 0.4) is 0 Å². The van der Waals surface area contributed by atoms with E-state index in [2.05, 4.69) is 10.1 Å². The van der Waals surface area contributed by atoms with Crippen LogP contribution in [0.15, 0.2) is 40.9 Å². The molecule has 0 aliphatic carbocycles. The smallest absolute Gasteiger partial charge is 0.257 e. The quantitative estimate of drug-likeness (QED) is 0.798. The molecule has 2 aromatic carbocycles. The molecule has 0 radical (unpaired) electrons. The molecule has 1 atom stereocenters. The first kappa shape index (κ1) is 13.7. The Morgan fingerprint density at radius 3 is 2.71 bits per heavy atom. The van der Waals surface area contributed by atoms with E-state index < -0.39 is 6.10 Å². The van der Waals surface area contributed by atoms with E-state index in [0.717, 1.165) is 5.39 Å². The molecule has 0 amide bonds. The van der Waals surface area contributed by atoms with Gasteiger partial charge in [-0.15, -0.1) is 0 Å². The normalized spacial score (nSPS) is 12.7. The van der Waals surface area contributed by atoms with Gasteiger partial charge in [0.25, 0.3) is 5.89 Å². The fraction of sp³-hybridized carbons (Fsp3) is 0.200. The summed E-state index contributed by atoms with van der Waals surface area (Å²) in [5.41, 5.74) is 6.27. The molecule has 108 valence electrons. The zero-order chi connectivity index (χ0) is 14.8. The number of hydrogen-bond acceptors (Lipinski definition) is 5. The Kier molecular flexibility index (Phi) is 3.64. The maximum atomic E-state index is 13.8. The standard InChI is InChI=1S/C15H14FN3O2/c1-20-13(8-17)15-18-14(19-21-15)11-6-7-12(16)10-5-3-2-4-9(10)11/h2-7,13H,8,17H2,1H3. The highest BCUT2D eigenvalue weighted by Crippen LogP contribution is 2.29. The molecule has 0 bridgehead atoms. The molecule has 21 heavy (non-hydrogen) atoms. The third-order valence-corrected chi connectivity index (χ3v) is 3.33. The van der Waals surface area contributed by atoms with E-state index in [0.29, 0.717) is 22.7 Å². The highest BCUT2D eigenvalue weighted by Gasteiger charge is 2.19. The van der Waals surface area contributed by atoms with Gasteiger partial charge in [0.15, 0.2) is 0 Å². The van der Waals surface area contributed by atoms with Gasteiger partial charge in [-0.05, 0) is 17.5 Å². The van der Waals surface area contributed by atoms with E-state index in [-0.39, 0.29) is 12.4 Å². The molecule has 3 aromatic rings. The zero-order valence-electron chi connectivity index (χ0n) is 11.4. The summed E-state index contributed by atoms with van der Waals surface area (Å²) in [4.78, 5) is 4.30. The maximum absolute atomic E-state index is 13.8. The molecule has 1 aromatic heterocycles. The van der Waals surface area contributed by atoms with E-state index in [1.165, 1.54) is 13.2 Å². The number of fused-ring (bicyclic) bond motifs is 1. The summed E-state index contributed by atoms with van der Waals surface area (Å²) in [6.45, 7) is 0.238. The lowest BCUT2D eigenvalue weighted by Gasteiger charge is -2.06. The third kappa shape index (κ3) is 2.39. The summed E-state index contributed by atoms with van der Waals surface area (Å²) in [6, 6.07) is 10.2. The molecule has 6 heteroatoms. The topological polar surface area (TPSA) is 74.2 Å². The molecule has 0 aliphatic rings. The largest absolute Gasteiger partial charge is 0.370 e. The summed E-state index contributed by atoms with van der Waals surface area (Å²) < 4.78 is 24.2. The van der Waals surface area contributed by atoms with E-state index in [1.807, 2.05) is 12.1 Å². The Morgan fingerprint density at radius 1 is 1.24 bits per heavy atom. The van der Waals surface area contributed by atoms with Crippen LogP contribution < -0.4 is 5.73 Å². The summed E-state index contributed by atoms with van der Waals surface area (Å²) in [6.07, 6.45) is -0.446. The van der Waals surface area contributed by atoms with Crippen LogP contribution in [0.5, 0.6) is 0 Å². The minimum atomic E-state index is -0.446. The van der Waals surface area contributed by atoms with E-state index in [9.17, 15) is 4.39 Å². The summed E-state index contributed by atoms with van der Waals surface area (Å²) >= 11 is 0. The van der Waals surface area contributed by atoms with E-state index in [4.69, 9.17) is 15.0 Å². The predicted molar refractivity (Wildman–Crippen MR) is 76.0 cm³/mol. The van der Waals surface area contributed by atoms with Crippen LogP contribution in [0.25, 0.3) is 22.2 Å². The van der Waals surface area contributed by atoms with Crippen molar-refractivity contribution in [2.24, 2.45) is 5.73 Å². The van der Waals surface area contributed by atoms with Crippen molar-refractivity contribution < 1.29 is 13.7 Å². The van der Waals surface area contributed by atoms with Crippen LogP contribution in [0, 0.1) is 5.82 Å². The molecule has 0 saturated heterocycles. The lowest BCUT2D eigenvalue weighted by Crippen LogP contribution is -2.14. The van der Waals surface area contributed by atoms with Gasteiger partial charge in [-0.1, -0.05) is 29.4 Å². The number of hydrogen-bond donors (Lipinski definition) is 1. The lowest BCUT2D eigenvalue weighted by atomic mass is 10.0. The van der Waals surface area contributed by atoms with Crippen LogP contribution in [0.1, 0.15) is 12.0 Å². The second kappa shape index (κ2) is 5.59. The van der Waals surface area contributed by atoms with Crippen molar-refractivity contribution in [1.82, 2.24) is 10.1 Å². The number of methoxy groups -OCH3 is 1. The Morgan fingerprint density at radius 2 is 2.00 bits per heavy atom. The fourth-order valence-corrected chi connectivity index (χ4v) is 2.23. The average Bonchev–Trinajstić information content (AvgIpc) is 2.99. The van der Waals surface area contributed by atoms with Crippen molar-refractivity contribution in [3.8, 4) is 11.4 Å². The number of ether oxygens (including phenoxy) is 1.